The molecular weight excluding hydrogens is 256 g/mol. The monoisotopic (exact) mass is 284 g/mol. The lowest BCUT2D eigenvalue weighted by atomic mass is 9.79. The van der Waals surface area contributed by atoms with E-state index in [1.165, 1.54) is 35.7 Å². The predicted molar refractivity (Wildman–Crippen MR) is 90.5 cm³/mol. The Hall–Kier alpha value is -1.28. The van der Waals surface area contributed by atoms with Crippen molar-refractivity contribution < 1.29 is 0 Å². The molecule has 0 saturated heterocycles. The molecule has 1 N–H and O–H groups in total. The molecule has 21 heavy (non-hydrogen) atoms. The summed E-state index contributed by atoms with van der Waals surface area (Å²) in [5.74, 6) is 1.71. The third-order valence-corrected chi connectivity index (χ3v) is 5.35. The van der Waals surface area contributed by atoms with Crippen molar-refractivity contribution in [2.45, 2.75) is 52.6 Å². The first-order chi connectivity index (χ1) is 10.2. The van der Waals surface area contributed by atoms with Crippen LogP contribution in [0.3, 0.4) is 0 Å². The molecule has 1 aliphatic rings. The van der Waals surface area contributed by atoms with E-state index < -0.39 is 0 Å². The third kappa shape index (κ3) is 2.87. The van der Waals surface area contributed by atoms with Crippen LogP contribution in [0.5, 0.6) is 0 Å². The van der Waals surface area contributed by atoms with Crippen LogP contribution >= 0.6 is 0 Å². The number of fused-ring (bicyclic) bond motifs is 1. The Labute approximate surface area is 128 Å². The highest BCUT2D eigenvalue weighted by Gasteiger charge is 2.26. The summed E-state index contributed by atoms with van der Waals surface area (Å²) in [7, 11) is 0. The van der Waals surface area contributed by atoms with E-state index in [0.717, 1.165) is 24.9 Å². The minimum atomic E-state index is 0.677. The van der Waals surface area contributed by atoms with Crippen LogP contribution in [0.4, 0.5) is 0 Å². The van der Waals surface area contributed by atoms with Gasteiger partial charge in [-0.25, -0.2) is 0 Å². The average Bonchev–Trinajstić information content (AvgIpc) is 2.92. The van der Waals surface area contributed by atoms with E-state index >= 15 is 0 Å². The van der Waals surface area contributed by atoms with Crippen molar-refractivity contribution in [2.24, 2.45) is 11.8 Å². The van der Waals surface area contributed by atoms with Gasteiger partial charge in [-0.1, -0.05) is 39.0 Å². The van der Waals surface area contributed by atoms with Gasteiger partial charge in [0.2, 0.25) is 0 Å². The fourth-order valence-corrected chi connectivity index (χ4v) is 3.77. The molecule has 0 radical (unpaired) electrons. The Morgan fingerprint density at radius 2 is 2.00 bits per heavy atom. The SMILES string of the molecule is CCNCc1cccc2ccn(C3CCC(C)C(C)C3)c12. The van der Waals surface area contributed by atoms with Crippen molar-refractivity contribution in [3.63, 3.8) is 0 Å². The zero-order valence-electron chi connectivity index (χ0n) is 13.6. The van der Waals surface area contributed by atoms with Gasteiger partial charge in [0, 0.05) is 18.8 Å². The zero-order valence-corrected chi connectivity index (χ0v) is 13.6. The largest absolute Gasteiger partial charge is 0.344 e. The third-order valence-electron chi connectivity index (χ3n) is 5.35. The molecule has 2 heteroatoms. The van der Waals surface area contributed by atoms with Crippen molar-refractivity contribution >= 4 is 10.9 Å². The number of benzene rings is 1. The lowest BCUT2D eigenvalue weighted by molar-refractivity contribution is 0.213. The number of rotatable bonds is 4. The fraction of sp³-hybridized carbons (Fsp3) is 0.579. The van der Waals surface area contributed by atoms with E-state index in [4.69, 9.17) is 0 Å². The van der Waals surface area contributed by atoms with Crippen LogP contribution in [0.1, 0.15) is 51.6 Å². The van der Waals surface area contributed by atoms with Gasteiger partial charge < -0.3 is 9.88 Å². The highest BCUT2D eigenvalue weighted by atomic mass is 15.0. The number of nitrogens with one attached hydrogen (secondary N) is 1. The average molecular weight is 284 g/mol. The molecule has 3 atom stereocenters. The molecule has 0 aliphatic heterocycles. The van der Waals surface area contributed by atoms with Crippen molar-refractivity contribution in [3.8, 4) is 0 Å². The molecule has 1 aromatic carbocycles. The summed E-state index contributed by atoms with van der Waals surface area (Å²) < 4.78 is 2.56. The van der Waals surface area contributed by atoms with Crippen LogP contribution in [-0.2, 0) is 6.54 Å². The molecular formula is C19H28N2. The molecule has 2 nitrogen and oxygen atoms in total. The topological polar surface area (TPSA) is 17.0 Å². The second-order valence-electron chi connectivity index (χ2n) is 6.78. The van der Waals surface area contributed by atoms with Crippen LogP contribution in [0.2, 0.25) is 0 Å². The summed E-state index contributed by atoms with van der Waals surface area (Å²) in [6.45, 7) is 8.99. The minimum absolute atomic E-state index is 0.677. The molecule has 0 bridgehead atoms. The van der Waals surface area contributed by atoms with Crippen LogP contribution < -0.4 is 5.32 Å². The first-order valence-corrected chi connectivity index (χ1v) is 8.49. The highest BCUT2D eigenvalue weighted by molar-refractivity contribution is 5.83. The maximum atomic E-state index is 3.48. The molecule has 3 rings (SSSR count). The second-order valence-corrected chi connectivity index (χ2v) is 6.78. The lowest BCUT2D eigenvalue weighted by Crippen LogP contribution is -2.23. The van der Waals surface area contributed by atoms with Gasteiger partial charge in [0.15, 0.2) is 0 Å². The summed E-state index contributed by atoms with van der Waals surface area (Å²) >= 11 is 0. The van der Waals surface area contributed by atoms with E-state index in [2.05, 4.69) is 61.1 Å². The minimum Gasteiger partial charge on any atom is -0.344 e. The van der Waals surface area contributed by atoms with Gasteiger partial charge in [0.25, 0.3) is 0 Å². The van der Waals surface area contributed by atoms with Gasteiger partial charge >= 0.3 is 0 Å². The van der Waals surface area contributed by atoms with Crippen LogP contribution in [0, 0.1) is 11.8 Å². The maximum absolute atomic E-state index is 3.48. The molecule has 1 saturated carbocycles. The number of nitrogens with zero attached hydrogens (tertiary/aromatic N) is 1. The number of para-hydroxylation sites is 1. The van der Waals surface area contributed by atoms with Gasteiger partial charge in [0.05, 0.1) is 5.52 Å². The van der Waals surface area contributed by atoms with E-state index in [1.54, 1.807) is 0 Å². The van der Waals surface area contributed by atoms with Gasteiger partial charge in [-0.2, -0.15) is 0 Å². The quantitative estimate of drug-likeness (QED) is 0.857. The number of hydrogen-bond donors (Lipinski definition) is 1. The summed E-state index contributed by atoms with van der Waals surface area (Å²) in [5, 5.41) is 4.86. The molecule has 1 aliphatic carbocycles. The van der Waals surface area contributed by atoms with Gasteiger partial charge in [-0.15, -0.1) is 0 Å². The van der Waals surface area contributed by atoms with Crippen LogP contribution in [0.25, 0.3) is 10.9 Å². The summed E-state index contributed by atoms with van der Waals surface area (Å²) in [4.78, 5) is 0. The standard InChI is InChI=1S/C19H28N2/c1-4-20-13-17-7-5-6-16-10-11-21(19(16)17)18-9-8-14(2)15(3)12-18/h5-7,10-11,14-15,18,20H,4,8-9,12-13H2,1-3H3. The van der Waals surface area contributed by atoms with Gasteiger partial charge in [-0.05, 0) is 54.7 Å². The fourth-order valence-electron chi connectivity index (χ4n) is 3.77. The van der Waals surface area contributed by atoms with Gasteiger partial charge in [-0.3, -0.25) is 0 Å². The Bertz CT molecular complexity index is 599. The molecule has 3 unspecified atom stereocenters. The Morgan fingerprint density at radius 1 is 1.14 bits per heavy atom. The van der Waals surface area contributed by atoms with E-state index in [1.807, 2.05) is 0 Å². The Morgan fingerprint density at radius 3 is 2.76 bits per heavy atom. The number of aromatic nitrogens is 1. The van der Waals surface area contributed by atoms with E-state index in [9.17, 15) is 0 Å². The Kier molecular flexibility index (Phi) is 4.34. The zero-order chi connectivity index (χ0) is 14.8. The summed E-state index contributed by atoms with van der Waals surface area (Å²) in [6, 6.07) is 9.67. The molecule has 0 spiro atoms. The molecule has 114 valence electrons. The predicted octanol–water partition coefficient (Wildman–Crippen LogP) is 4.75. The van der Waals surface area contributed by atoms with E-state index in [-0.39, 0.29) is 0 Å². The molecule has 1 fully saturated rings. The van der Waals surface area contributed by atoms with Crippen LogP contribution in [0.15, 0.2) is 30.5 Å². The molecule has 1 heterocycles. The lowest BCUT2D eigenvalue weighted by Gasteiger charge is -2.33. The molecule has 0 amide bonds. The second kappa shape index (κ2) is 6.23. The number of hydrogen-bond acceptors (Lipinski definition) is 1. The van der Waals surface area contributed by atoms with Crippen molar-refractivity contribution in [1.82, 2.24) is 9.88 Å². The summed E-state index contributed by atoms with van der Waals surface area (Å²) in [5.41, 5.74) is 2.89. The first-order valence-electron chi connectivity index (χ1n) is 8.49. The van der Waals surface area contributed by atoms with E-state index in [0.29, 0.717) is 6.04 Å². The maximum Gasteiger partial charge on any atom is 0.0528 e. The normalized spacial score (nSPS) is 26.3. The Balaban J connectivity index is 1.95. The smallest absolute Gasteiger partial charge is 0.0528 e. The van der Waals surface area contributed by atoms with Crippen molar-refractivity contribution in [1.29, 1.82) is 0 Å². The van der Waals surface area contributed by atoms with Crippen molar-refractivity contribution in [2.75, 3.05) is 6.54 Å². The van der Waals surface area contributed by atoms with Crippen LogP contribution in [-0.4, -0.2) is 11.1 Å². The van der Waals surface area contributed by atoms with Gasteiger partial charge in [0.1, 0.15) is 0 Å². The molecule has 2 aromatic rings. The highest BCUT2D eigenvalue weighted by Crippen LogP contribution is 2.38. The molecule has 1 aromatic heterocycles. The summed E-state index contributed by atoms with van der Waals surface area (Å²) in [6.07, 6.45) is 6.32. The van der Waals surface area contributed by atoms with Crippen molar-refractivity contribution in [3.05, 3.63) is 36.0 Å². The first kappa shape index (κ1) is 14.6.